The number of nitrogens with two attached hydrogens (primary N) is 1. The van der Waals surface area contributed by atoms with Crippen LogP contribution in [0.15, 0.2) is 24.3 Å². The van der Waals surface area contributed by atoms with Gasteiger partial charge in [-0.25, -0.2) is 0 Å². The van der Waals surface area contributed by atoms with Gasteiger partial charge in [-0.05, 0) is 81.5 Å². The highest BCUT2D eigenvalue weighted by atomic mass is 16.5. The molecule has 3 N–H and O–H groups in total. The molecule has 0 radical (unpaired) electrons. The minimum absolute atomic E-state index is 0.0397. The number of carbonyl (C=O) groups excluding carboxylic acids is 2. The van der Waals surface area contributed by atoms with E-state index < -0.39 is 0 Å². The molecule has 1 amide bonds. The summed E-state index contributed by atoms with van der Waals surface area (Å²) in [7, 11) is 1.43. The van der Waals surface area contributed by atoms with Gasteiger partial charge in [-0.3, -0.25) is 9.59 Å². The third-order valence-corrected chi connectivity index (χ3v) is 6.07. The fraction of sp³-hybridized carbons (Fsp3) is 0.636. The van der Waals surface area contributed by atoms with E-state index in [9.17, 15) is 9.59 Å². The van der Waals surface area contributed by atoms with Gasteiger partial charge in [0.2, 0.25) is 0 Å². The van der Waals surface area contributed by atoms with Crippen molar-refractivity contribution in [1.82, 2.24) is 5.32 Å². The number of methoxy groups -OCH3 is 1. The molecule has 6 nitrogen and oxygen atoms in total. The summed E-state index contributed by atoms with van der Waals surface area (Å²) in [5.74, 6) is 1.13. The SMILES string of the molecule is COC(=O)CCC1CCC(NC(=O)c2ccc(O[C@@H]3CCC[C@H]3N)cc2)CC1. The normalized spacial score (nSPS) is 27.2. The number of ether oxygens (including phenoxy) is 2. The van der Waals surface area contributed by atoms with Gasteiger partial charge >= 0.3 is 5.97 Å². The summed E-state index contributed by atoms with van der Waals surface area (Å²) in [6.45, 7) is 0. The van der Waals surface area contributed by atoms with Crippen molar-refractivity contribution >= 4 is 11.9 Å². The Hall–Kier alpha value is -2.08. The average molecular weight is 389 g/mol. The maximum absolute atomic E-state index is 12.5. The molecule has 2 saturated carbocycles. The molecule has 1 aromatic carbocycles. The number of rotatable bonds is 7. The van der Waals surface area contributed by atoms with Crippen LogP contribution in [0.3, 0.4) is 0 Å². The molecule has 2 aliphatic carbocycles. The Morgan fingerprint density at radius 2 is 1.79 bits per heavy atom. The van der Waals surface area contributed by atoms with Crippen LogP contribution in [0.5, 0.6) is 5.75 Å². The van der Waals surface area contributed by atoms with Crippen molar-refractivity contribution < 1.29 is 19.1 Å². The molecule has 0 heterocycles. The highest BCUT2D eigenvalue weighted by Crippen LogP contribution is 2.28. The van der Waals surface area contributed by atoms with Crippen LogP contribution in [0.4, 0.5) is 0 Å². The standard InChI is InChI=1S/C22H32N2O4/c1-27-21(25)14-7-15-5-10-17(11-6-15)24-22(26)16-8-12-18(13-9-16)28-20-4-2-3-19(20)23/h8-9,12-13,15,17,19-20H,2-7,10-11,14,23H2,1H3,(H,24,26)/t15?,17?,19-,20-/m1/s1. The van der Waals surface area contributed by atoms with Crippen molar-refractivity contribution in [3.63, 3.8) is 0 Å². The first-order valence-electron chi connectivity index (χ1n) is 10.4. The second kappa shape index (κ2) is 9.92. The van der Waals surface area contributed by atoms with E-state index in [2.05, 4.69) is 5.32 Å². The van der Waals surface area contributed by atoms with Crippen LogP contribution in [0.2, 0.25) is 0 Å². The lowest BCUT2D eigenvalue weighted by Crippen LogP contribution is -2.37. The molecule has 0 saturated heterocycles. The van der Waals surface area contributed by atoms with Crippen molar-refractivity contribution in [1.29, 1.82) is 0 Å². The minimum Gasteiger partial charge on any atom is -0.489 e. The van der Waals surface area contributed by atoms with Crippen molar-refractivity contribution in [2.24, 2.45) is 11.7 Å². The van der Waals surface area contributed by atoms with E-state index >= 15 is 0 Å². The van der Waals surface area contributed by atoms with Gasteiger partial charge in [-0.1, -0.05) is 0 Å². The number of carbonyl (C=O) groups is 2. The van der Waals surface area contributed by atoms with Crippen LogP contribution in [-0.4, -0.2) is 37.2 Å². The maximum atomic E-state index is 12.5. The fourth-order valence-electron chi connectivity index (χ4n) is 4.25. The highest BCUT2D eigenvalue weighted by Gasteiger charge is 2.26. The summed E-state index contributed by atoms with van der Waals surface area (Å²) in [6, 6.07) is 7.63. The van der Waals surface area contributed by atoms with Gasteiger partial charge in [0.1, 0.15) is 11.9 Å². The summed E-state index contributed by atoms with van der Waals surface area (Å²) in [5, 5.41) is 3.14. The summed E-state index contributed by atoms with van der Waals surface area (Å²) >= 11 is 0. The van der Waals surface area contributed by atoms with Crippen LogP contribution >= 0.6 is 0 Å². The van der Waals surface area contributed by atoms with Crippen molar-refractivity contribution in [3.8, 4) is 5.75 Å². The molecule has 6 heteroatoms. The highest BCUT2D eigenvalue weighted by molar-refractivity contribution is 5.94. The molecule has 0 spiro atoms. The molecule has 0 aliphatic heterocycles. The molecule has 0 aromatic heterocycles. The maximum Gasteiger partial charge on any atom is 0.305 e. The molecule has 2 aliphatic rings. The topological polar surface area (TPSA) is 90.6 Å². The van der Waals surface area contributed by atoms with Crippen LogP contribution < -0.4 is 15.8 Å². The monoisotopic (exact) mass is 388 g/mol. The van der Waals surface area contributed by atoms with Crippen LogP contribution in [0, 0.1) is 5.92 Å². The van der Waals surface area contributed by atoms with Crippen molar-refractivity contribution in [2.75, 3.05) is 7.11 Å². The van der Waals surface area contributed by atoms with Gasteiger partial charge in [0.25, 0.3) is 5.91 Å². The van der Waals surface area contributed by atoms with E-state index in [1.54, 1.807) is 0 Å². The number of amides is 1. The van der Waals surface area contributed by atoms with Crippen LogP contribution in [0.25, 0.3) is 0 Å². The third kappa shape index (κ3) is 5.71. The lowest BCUT2D eigenvalue weighted by molar-refractivity contribution is -0.141. The molecule has 0 bridgehead atoms. The molecule has 2 atom stereocenters. The number of benzene rings is 1. The largest absolute Gasteiger partial charge is 0.489 e. The average Bonchev–Trinajstić information content (AvgIpc) is 3.12. The van der Waals surface area contributed by atoms with Gasteiger partial charge < -0.3 is 20.5 Å². The summed E-state index contributed by atoms with van der Waals surface area (Å²) in [6.07, 6.45) is 8.54. The van der Waals surface area contributed by atoms with E-state index in [0.29, 0.717) is 17.9 Å². The van der Waals surface area contributed by atoms with Crippen molar-refractivity contribution in [3.05, 3.63) is 29.8 Å². The first-order chi connectivity index (χ1) is 13.5. The zero-order chi connectivity index (χ0) is 19.9. The first-order valence-corrected chi connectivity index (χ1v) is 10.4. The Labute approximate surface area is 167 Å². The minimum atomic E-state index is -0.141. The zero-order valence-electron chi connectivity index (χ0n) is 16.7. The predicted molar refractivity (Wildman–Crippen MR) is 107 cm³/mol. The van der Waals surface area contributed by atoms with Crippen LogP contribution in [0.1, 0.15) is 68.1 Å². The second-order valence-corrected chi connectivity index (χ2v) is 8.08. The number of hydrogen-bond donors (Lipinski definition) is 2. The number of esters is 1. The van der Waals surface area contributed by atoms with E-state index in [1.807, 2.05) is 24.3 Å². The number of nitrogens with one attached hydrogen (secondary N) is 1. The van der Waals surface area contributed by atoms with Gasteiger partial charge in [-0.2, -0.15) is 0 Å². The van der Waals surface area contributed by atoms with Gasteiger partial charge in [0.05, 0.1) is 7.11 Å². The van der Waals surface area contributed by atoms with E-state index in [0.717, 1.165) is 57.1 Å². The van der Waals surface area contributed by atoms with E-state index in [1.165, 1.54) is 7.11 Å². The molecular weight excluding hydrogens is 356 g/mol. The molecule has 154 valence electrons. The Kier molecular flexibility index (Phi) is 7.31. The Morgan fingerprint density at radius 1 is 1.07 bits per heavy atom. The van der Waals surface area contributed by atoms with Gasteiger partial charge in [0, 0.05) is 24.1 Å². The Morgan fingerprint density at radius 3 is 2.39 bits per heavy atom. The van der Waals surface area contributed by atoms with E-state index in [4.69, 9.17) is 15.2 Å². The molecule has 3 rings (SSSR count). The fourth-order valence-corrected chi connectivity index (χ4v) is 4.25. The molecule has 28 heavy (non-hydrogen) atoms. The second-order valence-electron chi connectivity index (χ2n) is 8.08. The third-order valence-electron chi connectivity index (χ3n) is 6.07. The van der Waals surface area contributed by atoms with Gasteiger partial charge in [-0.15, -0.1) is 0 Å². The lowest BCUT2D eigenvalue weighted by Gasteiger charge is -2.29. The molecule has 0 unspecified atom stereocenters. The summed E-state index contributed by atoms with van der Waals surface area (Å²) in [4.78, 5) is 23.8. The first kappa shape index (κ1) is 20.6. The molecule has 1 aromatic rings. The van der Waals surface area contributed by atoms with Crippen LogP contribution in [-0.2, 0) is 9.53 Å². The van der Waals surface area contributed by atoms with Gasteiger partial charge in [0.15, 0.2) is 0 Å². The smallest absolute Gasteiger partial charge is 0.305 e. The van der Waals surface area contributed by atoms with E-state index in [-0.39, 0.29) is 30.1 Å². The quantitative estimate of drug-likeness (QED) is 0.700. The van der Waals surface area contributed by atoms with Crippen molar-refractivity contribution in [2.45, 2.75) is 76.0 Å². The lowest BCUT2D eigenvalue weighted by atomic mass is 9.83. The zero-order valence-corrected chi connectivity index (χ0v) is 16.7. The number of hydrogen-bond acceptors (Lipinski definition) is 5. The molecule has 2 fully saturated rings. The predicted octanol–water partition coefficient (Wildman–Crippen LogP) is 3.19. The Bertz CT molecular complexity index is 653. The molecular formula is C22H32N2O4. The summed E-state index contributed by atoms with van der Waals surface area (Å²) in [5.41, 5.74) is 6.70. The Balaban J connectivity index is 1.42. The summed E-state index contributed by atoms with van der Waals surface area (Å²) < 4.78 is 10.6.